The molecule has 0 amide bonds. The Kier molecular flexibility index (Phi) is 4.15. The largest absolute Gasteiger partial charge is 0.477 e. The lowest BCUT2D eigenvalue weighted by Gasteiger charge is -2.00. The third kappa shape index (κ3) is 3.61. The Bertz CT molecular complexity index is 396. The molecule has 0 saturated heterocycles. The molecule has 0 aliphatic heterocycles. The van der Waals surface area contributed by atoms with E-state index in [2.05, 4.69) is 10.0 Å². The summed E-state index contributed by atoms with van der Waals surface area (Å²) in [5.41, 5.74) is 8.19. The molecule has 0 bridgehead atoms. The third-order valence-corrected chi connectivity index (χ3v) is 3.06. The van der Waals surface area contributed by atoms with E-state index in [1.807, 2.05) is 6.92 Å². The van der Waals surface area contributed by atoms with E-state index in [0.29, 0.717) is 4.88 Å². The molecule has 1 heterocycles. The van der Waals surface area contributed by atoms with Crippen molar-refractivity contribution >= 4 is 17.3 Å². The van der Waals surface area contributed by atoms with Crippen molar-refractivity contribution in [1.29, 1.82) is 0 Å². The fraction of sp³-hybridized carbons (Fsp3) is 0.444. The maximum atomic E-state index is 10.6. The number of hydrogen-bond acceptors (Lipinski definition) is 3. The summed E-state index contributed by atoms with van der Waals surface area (Å²) in [5, 5.41) is 12.3. The summed E-state index contributed by atoms with van der Waals surface area (Å²) in [7, 11) is 0. The molecule has 80 valence electrons. The maximum absolute atomic E-state index is 10.6. The molecule has 0 radical (unpaired) electrons. The van der Waals surface area contributed by atoms with Crippen molar-refractivity contribution in [1.82, 2.24) is 0 Å². The first kappa shape index (κ1) is 11.6. The second kappa shape index (κ2) is 5.38. The number of azide groups is 1. The van der Waals surface area contributed by atoms with Gasteiger partial charge in [-0.2, -0.15) is 0 Å². The Morgan fingerprint density at radius 3 is 3.00 bits per heavy atom. The van der Waals surface area contributed by atoms with Gasteiger partial charge in [-0.1, -0.05) is 12.0 Å². The molecular formula is C9H11N3O2S. The number of aryl methyl sites for hydroxylation is 1. The molecule has 0 aliphatic rings. The smallest absolute Gasteiger partial charge is 0.345 e. The van der Waals surface area contributed by atoms with Gasteiger partial charge in [0.25, 0.3) is 0 Å². The van der Waals surface area contributed by atoms with Crippen molar-refractivity contribution in [2.45, 2.75) is 25.8 Å². The van der Waals surface area contributed by atoms with Crippen LogP contribution in [0.4, 0.5) is 0 Å². The molecule has 0 saturated carbocycles. The number of thiophene rings is 1. The predicted molar refractivity (Wildman–Crippen MR) is 58.2 cm³/mol. The first-order chi connectivity index (χ1) is 7.13. The van der Waals surface area contributed by atoms with E-state index in [-0.39, 0.29) is 6.04 Å². The molecule has 0 fully saturated rings. The number of nitrogens with zero attached hydrogens (tertiary/aromatic N) is 3. The monoisotopic (exact) mass is 225 g/mol. The van der Waals surface area contributed by atoms with Crippen molar-refractivity contribution < 1.29 is 9.90 Å². The summed E-state index contributed by atoms with van der Waals surface area (Å²) in [6.45, 7) is 1.84. The molecular weight excluding hydrogens is 214 g/mol. The molecule has 5 nitrogen and oxygen atoms in total. The molecule has 1 rings (SSSR count). The average Bonchev–Trinajstić information content (AvgIpc) is 2.63. The maximum Gasteiger partial charge on any atom is 0.345 e. The van der Waals surface area contributed by atoms with Gasteiger partial charge in [0.1, 0.15) is 4.88 Å². The highest BCUT2D eigenvalue weighted by Crippen LogP contribution is 2.18. The number of aromatic carboxylic acids is 1. The van der Waals surface area contributed by atoms with Crippen molar-refractivity contribution in [3.05, 3.63) is 32.3 Å². The van der Waals surface area contributed by atoms with Crippen LogP contribution < -0.4 is 0 Å². The standard InChI is InChI=1S/C9H11N3O2S/c1-6(11-12-10)2-3-7-4-5-8(15-7)9(13)14/h4-6H,2-3H2,1H3,(H,13,14). The molecule has 0 aliphatic carbocycles. The lowest BCUT2D eigenvalue weighted by atomic mass is 10.2. The van der Waals surface area contributed by atoms with E-state index in [1.165, 1.54) is 11.3 Å². The number of carboxylic acid groups (broad SMARTS) is 1. The van der Waals surface area contributed by atoms with Gasteiger partial charge in [-0.25, -0.2) is 4.79 Å². The number of hydrogen-bond donors (Lipinski definition) is 1. The van der Waals surface area contributed by atoms with Crippen LogP contribution in [0.2, 0.25) is 0 Å². The summed E-state index contributed by atoms with van der Waals surface area (Å²) >= 11 is 1.27. The van der Waals surface area contributed by atoms with Crippen molar-refractivity contribution in [3.8, 4) is 0 Å². The van der Waals surface area contributed by atoms with Gasteiger partial charge in [0.15, 0.2) is 0 Å². The fourth-order valence-electron chi connectivity index (χ4n) is 1.12. The lowest BCUT2D eigenvalue weighted by molar-refractivity contribution is 0.0702. The second-order valence-electron chi connectivity index (χ2n) is 3.16. The van der Waals surface area contributed by atoms with Crippen molar-refractivity contribution in [2.75, 3.05) is 0 Å². The normalized spacial score (nSPS) is 11.8. The minimum atomic E-state index is -0.894. The van der Waals surface area contributed by atoms with Gasteiger partial charge in [-0.05, 0) is 30.5 Å². The van der Waals surface area contributed by atoms with E-state index in [0.717, 1.165) is 17.7 Å². The minimum Gasteiger partial charge on any atom is -0.477 e. The van der Waals surface area contributed by atoms with Gasteiger partial charge in [-0.15, -0.1) is 11.3 Å². The van der Waals surface area contributed by atoms with Crippen LogP contribution >= 0.6 is 11.3 Å². The van der Waals surface area contributed by atoms with Gasteiger partial charge in [0.2, 0.25) is 0 Å². The summed E-state index contributed by atoms with van der Waals surface area (Å²) in [5.74, 6) is -0.894. The fourth-order valence-corrected chi connectivity index (χ4v) is 1.99. The highest BCUT2D eigenvalue weighted by Gasteiger charge is 2.07. The summed E-state index contributed by atoms with van der Waals surface area (Å²) < 4.78 is 0. The van der Waals surface area contributed by atoms with E-state index in [4.69, 9.17) is 10.6 Å². The molecule has 6 heteroatoms. The first-order valence-electron chi connectivity index (χ1n) is 4.49. The van der Waals surface area contributed by atoms with Crippen LogP contribution in [0.3, 0.4) is 0 Å². The quantitative estimate of drug-likeness (QED) is 0.474. The van der Waals surface area contributed by atoms with Crippen LogP contribution in [0.1, 0.15) is 27.9 Å². The van der Waals surface area contributed by atoms with Crippen molar-refractivity contribution in [3.63, 3.8) is 0 Å². The van der Waals surface area contributed by atoms with E-state index >= 15 is 0 Å². The van der Waals surface area contributed by atoms with Crippen molar-refractivity contribution in [2.24, 2.45) is 5.11 Å². The zero-order chi connectivity index (χ0) is 11.3. The zero-order valence-corrected chi connectivity index (χ0v) is 9.07. The number of carboxylic acids is 1. The number of rotatable bonds is 5. The van der Waals surface area contributed by atoms with E-state index in [9.17, 15) is 4.79 Å². The Hall–Kier alpha value is -1.52. The topological polar surface area (TPSA) is 86.1 Å². The van der Waals surface area contributed by atoms with Gasteiger partial charge >= 0.3 is 5.97 Å². The van der Waals surface area contributed by atoms with Gasteiger partial charge in [0.05, 0.1) is 0 Å². The van der Waals surface area contributed by atoms with Crippen LogP contribution in [0.5, 0.6) is 0 Å². The Balaban J connectivity index is 2.51. The molecule has 1 aromatic rings. The lowest BCUT2D eigenvalue weighted by Crippen LogP contribution is -1.97. The Morgan fingerprint density at radius 1 is 1.73 bits per heavy atom. The average molecular weight is 225 g/mol. The van der Waals surface area contributed by atoms with Crippen LogP contribution in [0, 0.1) is 0 Å². The zero-order valence-electron chi connectivity index (χ0n) is 8.25. The van der Waals surface area contributed by atoms with E-state index in [1.54, 1.807) is 12.1 Å². The molecule has 0 aromatic carbocycles. The van der Waals surface area contributed by atoms with Crippen LogP contribution in [-0.2, 0) is 6.42 Å². The molecule has 1 unspecified atom stereocenters. The molecule has 0 spiro atoms. The summed E-state index contributed by atoms with van der Waals surface area (Å²) in [4.78, 5) is 14.7. The molecule has 1 aromatic heterocycles. The third-order valence-electron chi connectivity index (χ3n) is 1.93. The molecule has 1 atom stereocenters. The van der Waals surface area contributed by atoms with Crippen LogP contribution in [-0.4, -0.2) is 17.1 Å². The first-order valence-corrected chi connectivity index (χ1v) is 5.31. The predicted octanol–water partition coefficient (Wildman–Crippen LogP) is 3.08. The van der Waals surface area contributed by atoms with Gasteiger partial charge < -0.3 is 5.11 Å². The van der Waals surface area contributed by atoms with Crippen LogP contribution in [0.15, 0.2) is 17.2 Å². The summed E-state index contributed by atoms with van der Waals surface area (Å²) in [6, 6.07) is 3.35. The SMILES string of the molecule is CC(CCc1ccc(C(=O)O)s1)N=[N+]=[N-]. The molecule has 1 N–H and O–H groups in total. The highest BCUT2D eigenvalue weighted by atomic mass is 32.1. The Morgan fingerprint density at radius 2 is 2.47 bits per heavy atom. The number of carbonyl (C=O) groups is 1. The van der Waals surface area contributed by atoms with Crippen LogP contribution in [0.25, 0.3) is 10.4 Å². The Labute approximate surface area is 91.0 Å². The van der Waals surface area contributed by atoms with Gasteiger partial charge in [-0.3, -0.25) is 0 Å². The summed E-state index contributed by atoms with van der Waals surface area (Å²) in [6.07, 6.45) is 1.49. The second-order valence-corrected chi connectivity index (χ2v) is 4.33. The molecule has 15 heavy (non-hydrogen) atoms. The van der Waals surface area contributed by atoms with Gasteiger partial charge in [0, 0.05) is 15.8 Å². The highest BCUT2D eigenvalue weighted by molar-refractivity contribution is 7.13. The van der Waals surface area contributed by atoms with E-state index < -0.39 is 5.97 Å². The minimum absolute atomic E-state index is 0.0506.